The quantitative estimate of drug-likeness (QED) is 0.498. The van der Waals surface area contributed by atoms with Crippen LogP contribution in [0.3, 0.4) is 0 Å². The van der Waals surface area contributed by atoms with Crippen LogP contribution in [-0.4, -0.2) is 14.9 Å². The van der Waals surface area contributed by atoms with Gasteiger partial charge in [-0.15, -0.1) is 0 Å². The molecule has 20 heavy (non-hydrogen) atoms. The Bertz CT molecular complexity index is 665. The third-order valence-electron chi connectivity index (χ3n) is 2.42. The summed E-state index contributed by atoms with van der Waals surface area (Å²) in [7, 11) is 0. The maximum Gasteiger partial charge on any atom is 0.272 e. The third-order valence-corrected chi connectivity index (χ3v) is 2.42. The second-order valence-electron chi connectivity index (χ2n) is 3.80. The highest BCUT2D eigenvalue weighted by atomic mass is 19.1. The van der Waals surface area contributed by atoms with Crippen LogP contribution in [0.2, 0.25) is 0 Å². The number of rotatable bonds is 4. The monoisotopic (exact) mass is 279 g/mol. The van der Waals surface area contributed by atoms with Crippen molar-refractivity contribution >= 4 is 11.6 Å². The third kappa shape index (κ3) is 2.78. The van der Waals surface area contributed by atoms with Crippen molar-refractivity contribution in [2.45, 2.75) is 6.92 Å². The summed E-state index contributed by atoms with van der Waals surface area (Å²) in [6, 6.07) is 4.03. The topological polar surface area (TPSA) is 116 Å². The van der Waals surface area contributed by atoms with Crippen molar-refractivity contribution in [3.63, 3.8) is 0 Å². The number of hydrogen-bond donors (Lipinski definition) is 2. The van der Waals surface area contributed by atoms with Crippen LogP contribution >= 0.6 is 0 Å². The van der Waals surface area contributed by atoms with Crippen LogP contribution in [0.1, 0.15) is 5.56 Å². The van der Waals surface area contributed by atoms with Crippen molar-refractivity contribution in [1.82, 2.24) is 9.97 Å². The predicted octanol–water partition coefficient (Wildman–Crippen LogP) is 1.91. The summed E-state index contributed by atoms with van der Waals surface area (Å²) in [4.78, 5) is 17.4. The van der Waals surface area contributed by atoms with Crippen molar-refractivity contribution in [2.75, 3.05) is 5.43 Å². The van der Waals surface area contributed by atoms with E-state index in [1.54, 1.807) is 6.92 Å². The highest BCUT2D eigenvalue weighted by Gasteiger charge is 2.13. The number of nitrogens with two attached hydrogens (primary N) is 1. The number of nitro groups is 1. The zero-order valence-corrected chi connectivity index (χ0v) is 10.3. The van der Waals surface area contributed by atoms with Gasteiger partial charge < -0.3 is 4.74 Å². The van der Waals surface area contributed by atoms with Gasteiger partial charge in [0.2, 0.25) is 11.8 Å². The van der Waals surface area contributed by atoms with E-state index < -0.39 is 10.7 Å². The minimum atomic E-state index is -0.778. The first kappa shape index (κ1) is 13.6. The second kappa shape index (κ2) is 5.45. The molecule has 2 aromatic rings. The number of benzene rings is 1. The molecule has 1 aromatic heterocycles. The minimum absolute atomic E-state index is 0.0139. The van der Waals surface area contributed by atoms with Gasteiger partial charge in [0.05, 0.1) is 11.1 Å². The lowest BCUT2D eigenvalue weighted by atomic mass is 10.2. The molecule has 1 heterocycles. The van der Waals surface area contributed by atoms with Gasteiger partial charge in [0, 0.05) is 11.6 Å². The molecule has 0 fully saturated rings. The molecular formula is C11H10FN5O3. The predicted molar refractivity (Wildman–Crippen MR) is 67.7 cm³/mol. The maximum absolute atomic E-state index is 13.5. The van der Waals surface area contributed by atoms with Gasteiger partial charge in [-0.05, 0) is 19.1 Å². The van der Waals surface area contributed by atoms with Gasteiger partial charge in [-0.1, -0.05) is 0 Å². The minimum Gasteiger partial charge on any atom is -0.436 e. The highest BCUT2D eigenvalue weighted by Crippen LogP contribution is 2.27. The van der Waals surface area contributed by atoms with Gasteiger partial charge in [0.1, 0.15) is 5.75 Å². The summed E-state index contributed by atoms with van der Waals surface area (Å²) >= 11 is 0. The van der Waals surface area contributed by atoms with E-state index in [0.717, 1.165) is 6.20 Å². The number of nitrogens with one attached hydrogen (secondary N) is 1. The lowest BCUT2D eigenvalue weighted by Crippen LogP contribution is -2.11. The molecule has 0 radical (unpaired) electrons. The van der Waals surface area contributed by atoms with Crippen LogP contribution in [0.5, 0.6) is 11.6 Å². The fourth-order valence-electron chi connectivity index (χ4n) is 1.50. The van der Waals surface area contributed by atoms with Crippen LogP contribution < -0.4 is 16.0 Å². The Morgan fingerprint density at radius 1 is 1.50 bits per heavy atom. The summed E-state index contributed by atoms with van der Waals surface area (Å²) < 4.78 is 18.7. The van der Waals surface area contributed by atoms with E-state index in [1.165, 1.54) is 18.2 Å². The van der Waals surface area contributed by atoms with E-state index in [-0.39, 0.29) is 23.3 Å². The summed E-state index contributed by atoms with van der Waals surface area (Å²) in [6.07, 6.45) is 0.899. The molecule has 0 spiro atoms. The van der Waals surface area contributed by atoms with E-state index in [0.29, 0.717) is 5.56 Å². The van der Waals surface area contributed by atoms with Gasteiger partial charge in [-0.2, -0.15) is 9.37 Å². The van der Waals surface area contributed by atoms with Gasteiger partial charge >= 0.3 is 0 Å². The molecular weight excluding hydrogens is 269 g/mol. The summed E-state index contributed by atoms with van der Waals surface area (Å²) in [5, 5.41) is 10.7. The number of aryl methyl sites for hydroxylation is 1. The molecule has 0 aliphatic rings. The van der Waals surface area contributed by atoms with E-state index in [9.17, 15) is 14.5 Å². The number of nitro benzene ring substituents is 1. The fourth-order valence-corrected chi connectivity index (χ4v) is 1.50. The Balaban J connectivity index is 2.30. The number of ether oxygens (including phenoxy) is 1. The molecule has 3 N–H and O–H groups in total. The normalized spacial score (nSPS) is 10.2. The van der Waals surface area contributed by atoms with Gasteiger partial charge in [-0.3, -0.25) is 15.5 Å². The van der Waals surface area contributed by atoms with Crippen molar-refractivity contribution in [3.8, 4) is 11.6 Å². The molecule has 0 bridgehead atoms. The van der Waals surface area contributed by atoms with Crippen molar-refractivity contribution in [3.05, 3.63) is 45.9 Å². The molecule has 9 heteroatoms. The maximum atomic E-state index is 13.5. The largest absolute Gasteiger partial charge is 0.436 e. The van der Waals surface area contributed by atoms with Gasteiger partial charge in [0.15, 0.2) is 0 Å². The smallest absolute Gasteiger partial charge is 0.272 e. The van der Waals surface area contributed by atoms with Crippen molar-refractivity contribution in [1.29, 1.82) is 0 Å². The van der Waals surface area contributed by atoms with Crippen LogP contribution in [0, 0.1) is 22.9 Å². The average molecular weight is 279 g/mol. The SMILES string of the molecule is Cc1cc(Oc2nc(NN)ncc2F)ccc1[N+](=O)[O-]. The molecule has 0 saturated carbocycles. The van der Waals surface area contributed by atoms with Crippen LogP contribution in [-0.2, 0) is 0 Å². The molecule has 2 rings (SSSR count). The van der Waals surface area contributed by atoms with E-state index in [2.05, 4.69) is 15.4 Å². The highest BCUT2D eigenvalue weighted by molar-refractivity contribution is 5.45. The lowest BCUT2D eigenvalue weighted by Gasteiger charge is -2.07. The molecule has 0 atom stereocenters. The Hall–Kier alpha value is -2.81. The van der Waals surface area contributed by atoms with Crippen LogP contribution in [0.15, 0.2) is 24.4 Å². The molecule has 0 aliphatic heterocycles. The summed E-state index contributed by atoms with van der Waals surface area (Å²) in [6.45, 7) is 1.55. The van der Waals surface area contributed by atoms with Gasteiger partial charge in [0.25, 0.3) is 11.6 Å². The van der Waals surface area contributed by atoms with Crippen molar-refractivity contribution in [2.24, 2.45) is 5.84 Å². The fraction of sp³-hybridized carbons (Fsp3) is 0.0909. The Morgan fingerprint density at radius 2 is 2.25 bits per heavy atom. The standard InChI is InChI=1S/C11H10FN5O3/c1-6-4-7(2-3-9(6)17(18)19)20-10-8(12)5-14-11(15-10)16-13/h2-5H,13H2,1H3,(H,14,15,16). The summed E-state index contributed by atoms with van der Waals surface area (Å²) in [5.41, 5.74) is 2.49. The number of halogens is 1. The lowest BCUT2D eigenvalue weighted by molar-refractivity contribution is -0.385. The van der Waals surface area contributed by atoms with E-state index in [1.807, 2.05) is 0 Å². The Labute approximate surface area is 112 Å². The molecule has 0 saturated heterocycles. The van der Waals surface area contributed by atoms with E-state index >= 15 is 0 Å². The number of nitrogen functional groups attached to an aromatic ring is 1. The molecule has 0 aliphatic carbocycles. The summed E-state index contributed by atoms with van der Waals surface area (Å²) in [5.74, 6) is 4.20. The Kier molecular flexibility index (Phi) is 3.71. The Morgan fingerprint density at radius 3 is 2.85 bits per heavy atom. The molecule has 104 valence electrons. The zero-order chi connectivity index (χ0) is 14.7. The van der Waals surface area contributed by atoms with Crippen LogP contribution in [0.4, 0.5) is 16.0 Å². The molecule has 8 nitrogen and oxygen atoms in total. The number of nitrogens with zero attached hydrogens (tertiary/aromatic N) is 3. The number of aromatic nitrogens is 2. The van der Waals surface area contributed by atoms with Crippen molar-refractivity contribution < 1.29 is 14.1 Å². The first-order valence-electron chi connectivity index (χ1n) is 5.43. The van der Waals surface area contributed by atoms with Gasteiger partial charge in [-0.25, -0.2) is 10.8 Å². The van der Waals surface area contributed by atoms with E-state index in [4.69, 9.17) is 10.6 Å². The first-order chi connectivity index (χ1) is 9.51. The number of hydrazine groups is 1. The molecule has 1 aromatic carbocycles. The second-order valence-corrected chi connectivity index (χ2v) is 3.80. The first-order valence-corrected chi connectivity index (χ1v) is 5.43. The molecule has 0 unspecified atom stereocenters. The number of anilines is 1. The van der Waals surface area contributed by atoms with Crippen LogP contribution in [0.25, 0.3) is 0 Å². The molecule has 0 amide bonds. The zero-order valence-electron chi connectivity index (χ0n) is 10.3. The average Bonchev–Trinajstić information content (AvgIpc) is 2.41. The number of hydrogen-bond acceptors (Lipinski definition) is 7.